The summed E-state index contributed by atoms with van der Waals surface area (Å²) in [5.41, 5.74) is 2.76. The molecule has 0 N–H and O–H groups in total. The van der Waals surface area contributed by atoms with Gasteiger partial charge in [-0.05, 0) is 32.0 Å². The Hall–Kier alpha value is -1.97. The SMILES string of the molecule is CCn1nc(C)cc1CC(=O)Cc1ccccn1. The van der Waals surface area contributed by atoms with Gasteiger partial charge in [-0.1, -0.05) is 6.07 Å². The van der Waals surface area contributed by atoms with Crippen LogP contribution >= 0.6 is 0 Å². The number of rotatable bonds is 5. The Kier molecular flexibility index (Phi) is 3.87. The van der Waals surface area contributed by atoms with E-state index < -0.39 is 0 Å². The summed E-state index contributed by atoms with van der Waals surface area (Å²) in [6, 6.07) is 7.60. The zero-order valence-corrected chi connectivity index (χ0v) is 10.8. The third-order valence-corrected chi connectivity index (χ3v) is 2.77. The molecule has 0 radical (unpaired) electrons. The fourth-order valence-corrected chi connectivity index (χ4v) is 1.98. The van der Waals surface area contributed by atoms with Gasteiger partial charge in [-0.25, -0.2) is 0 Å². The Morgan fingerprint density at radius 1 is 1.33 bits per heavy atom. The molecule has 0 aliphatic carbocycles. The van der Waals surface area contributed by atoms with E-state index in [-0.39, 0.29) is 5.78 Å². The summed E-state index contributed by atoms with van der Waals surface area (Å²) < 4.78 is 1.88. The van der Waals surface area contributed by atoms with Crippen LogP contribution in [-0.4, -0.2) is 20.5 Å². The van der Waals surface area contributed by atoms with E-state index in [4.69, 9.17) is 0 Å². The lowest BCUT2D eigenvalue weighted by Crippen LogP contribution is -2.12. The second kappa shape index (κ2) is 5.58. The molecule has 2 aromatic heterocycles. The first-order valence-electron chi connectivity index (χ1n) is 6.14. The van der Waals surface area contributed by atoms with Gasteiger partial charge in [0.15, 0.2) is 0 Å². The lowest BCUT2D eigenvalue weighted by Gasteiger charge is -2.03. The molecular formula is C14H17N3O. The van der Waals surface area contributed by atoms with Crippen molar-refractivity contribution in [1.29, 1.82) is 0 Å². The van der Waals surface area contributed by atoms with Crippen molar-refractivity contribution in [3.05, 3.63) is 47.5 Å². The molecule has 0 atom stereocenters. The highest BCUT2D eigenvalue weighted by atomic mass is 16.1. The molecule has 0 unspecified atom stereocenters. The molecule has 0 saturated carbocycles. The van der Waals surface area contributed by atoms with Crippen molar-refractivity contribution in [1.82, 2.24) is 14.8 Å². The molecule has 0 fully saturated rings. The maximum absolute atomic E-state index is 12.0. The van der Waals surface area contributed by atoms with Crippen LogP contribution in [0, 0.1) is 6.92 Å². The van der Waals surface area contributed by atoms with Crippen molar-refractivity contribution in [3.63, 3.8) is 0 Å². The highest BCUT2D eigenvalue weighted by Gasteiger charge is 2.10. The number of pyridine rings is 1. The van der Waals surface area contributed by atoms with E-state index in [2.05, 4.69) is 10.1 Å². The monoisotopic (exact) mass is 243 g/mol. The second-order valence-corrected chi connectivity index (χ2v) is 4.31. The predicted molar refractivity (Wildman–Crippen MR) is 69.3 cm³/mol. The quantitative estimate of drug-likeness (QED) is 0.806. The molecule has 4 nitrogen and oxygen atoms in total. The second-order valence-electron chi connectivity index (χ2n) is 4.31. The zero-order valence-electron chi connectivity index (χ0n) is 10.8. The molecule has 2 aromatic rings. The van der Waals surface area contributed by atoms with Crippen molar-refractivity contribution in [3.8, 4) is 0 Å². The van der Waals surface area contributed by atoms with Crippen molar-refractivity contribution in [2.75, 3.05) is 0 Å². The Morgan fingerprint density at radius 3 is 2.83 bits per heavy atom. The van der Waals surface area contributed by atoms with Gasteiger partial charge in [-0.2, -0.15) is 5.10 Å². The number of hydrogen-bond acceptors (Lipinski definition) is 3. The minimum Gasteiger partial charge on any atom is -0.299 e. The van der Waals surface area contributed by atoms with E-state index in [0.29, 0.717) is 12.8 Å². The molecule has 94 valence electrons. The van der Waals surface area contributed by atoms with E-state index in [9.17, 15) is 4.79 Å². The summed E-state index contributed by atoms with van der Waals surface area (Å²) in [7, 11) is 0. The number of carbonyl (C=O) groups excluding carboxylic acids is 1. The van der Waals surface area contributed by atoms with Crippen molar-refractivity contribution < 1.29 is 4.79 Å². The summed E-state index contributed by atoms with van der Waals surface area (Å²) in [6.07, 6.45) is 2.52. The first-order valence-corrected chi connectivity index (χ1v) is 6.14. The molecule has 2 rings (SSSR count). The van der Waals surface area contributed by atoms with Gasteiger partial charge in [-0.3, -0.25) is 14.5 Å². The van der Waals surface area contributed by atoms with Gasteiger partial charge >= 0.3 is 0 Å². The third-order valence-electron chi connectivity index (χ3n) is 2.77. The number of carbonyl (C=O) groups is 1. The molecule has 0 amide bonds. The van der Waals surface area contributed by atoms with Crippen LogP contribution in [0.3, 0.4) is 0 Å². The van der Waals surface area contributed by atoms with Crippen LogP contribution in [0.2, 0.25) is 0 Å². The predicted octanol–water partition coefficient (Wildman–Crippen LogP) is 1.96. The topological polar surface area (TPSA) is 47.8 Å². The maximum Gasteiger partial charge on any atom is 0.144 e. The average molecular weight is 243 g/mol. The lowest BCUT2D eigenvalue weighted by atomic mass is 10.1. The number of hydrogen-bond donors (Lipinski definition) is 0. The van der Waals surface area contributed by atoms with Crippen LogP contribution in [-0.2, 0) is 24.2 Å². The standard InChI is InChI=1S/C14H17N3O/c1-3-17-13(8-11(2)16-17)10-14(18)9-12-6-4-5-7-15-12/h4-8H,3,9-10H2,1-2H3. The normalized spacial score (nSPS) is 10.6. The Morgan fingerprint density at radius 2 is 2.17 bits per heavy atom. The molecule has 0 spiro atoms. The smallest absolute Gasteiger partial charge is 0.144 e. The van der Waals surface area contributed by atoms with Crippen LogP contribution in [0.15, 0.2) is 30.5 Å². The van der Waals surface area contributed by atoms with E-state index >= 15 is 0 Å². The van der Waals surface area contributed by atoms with Crippen LogP contribution in [0.25, 0.3) is 0 Å². The van der Waals surface area contributed by atoms with Gasteiger partial charge in [0.25, 0.3) is 0 Å². The Bertz CT molecular complexity index is 531. The number of ketones is 1. The largest absolute Gasteiger partial charge is 0.299 e. The molecule has 0 aliphatic heterocycles. The molecule has 18 heavy (non-hydrogen) atoms. The Labute approximate surface area is 107 Å². The number of aromatic nitrogens is 3. The summed E-state index contributed by atoms with van der Waals surface area (Å²) >= 11 is 0. The molecule has 0 bridgehead atoms. The van der Waals surface area contributed by atoms with Crippen LogP contribution in [0.5, 0.6) is 0 Å². The van der Waals surface area contributed by atoms with E-state index in [1.54, 1.807) is 6.20 Å². The molecule has 0 saturated heterocycles. The third kappa shape index (κ3) is 3.03. The van der Waals surface area contributed by atoms with Crippen LogP contribution in [0.1, 0.15) is 24.0 Å². The highest BCUT2D eigenvalue weighted by molar-refractivity contribution is 5.82. The zero-order chi connectivity index (χ0) is 13.0. The van der Waals surface area contributed by atoms with Crippen molar-refractivity contribution >= 4 is 5.78 Å². The fourth-order valence-electron chi connectivity index (χ4n) is 1.98. The van der Waals surface area contributed by atoms with Gasteiger partial charge in [0.2, 0.25) is 0 Å². The summed E-state index contributed by atoms with van der Waals surface area (Å²) in [5, 5.41) is 4.34. The lowest BCUT2D eigenvalue weighted by molar-refractivity contribution is -0.117. The molecule has 4 heteroatoms. The van der Waals surface area contributed by atoms with E-state index in [1.807, 2.05) is 42.8 Å². The first-order chi connectivity index (χ1) is 8.69. The van der Waals surface area contributed by atoms with Gasteiger partial charge < -0.3 is 0 Å². The number of Topliss-reactive ketones (excluding diaryl/α,β-unsaturated/α-hetero) is 1. The summed E-state index contributed by atoms with van der Waals surface area (Å²) in [5.74, 6) is 0.170. The van der Waals surface area contributed by atoms with E-state index in [0.717, 1.165) is 23.6 Å². The van der Waals surface area contributed by atoms with Crippen LogP contribution in [0.4, 0.5) is 0 Å². The van der Waals surface area contributed by atoms with Crippen LogP contribution < -0.4 is 0 Å². The van der Waals surface area contributed by atoms with Crippen molar-refractivity contribution in [2.24, 2.45) is 0 Å². The van der Waals surface area contributed by atoms with Gasteiger partial charge in [-0.15, -0.1) is 0 Å². The van der Waals surface area contributed by atoms with Gasteiger partial charge in [0.1, 0.15) is 5.78 Å². The van der Waals surface area contributed by atoms with Crippen molar-refractivity contribution in [2.45, 2.75) is 33.2 Å². The minimum absolute atomic E-state index is 0.170. The average Bonchev–Trinajstić information content (AvgIpc) is 2.70. The minimum atomic E-state index is 0.170. The fraction of sp³-hybridized carbons (Fsp3) is 0.357. The number of aryl methyl sites for hydroxylation is 2. The van der Waals surface area contributed by atoms with Gasteiger partial charge in [0, 0.05) is 37.0 Å². The molecule has 0 aromatic carbocycles. The van der Waals surface area contributed by atoms with E-state index in [1.165, 1.54) is 0 Å². The first kappa shape index (κ1) is 12.5. The molecule has 2 heterocycles. The summed E-state index contributed by atoms with van der Waals surface area (Å²) in [4.78, 5) is 16.1. The Balaban J connectivity index is 2.03. The molecule has 0 aliphatic rings. The summed E-state index contributed by atoms with van der Waals surface area (Å²) in [6.45, 7) is 4.76. The van der Waals surface area contributed by atoms with Gasteiger partial charge in [0.05, 0.1) is 5.69 Å². The number of nitrogens with zero attached hydrogens (tertiary/aromatic N) is 3. The highest BCUT2D eigenvalue weighted by Crippen LogP contribution is 2.07. The maximum atomic E-state index is 12.0. The molecular weight excluding hydrogens is 226 g/mol.